The maximum Gasteiger partial charge on any atom is 0.257 e. The number of carbonyl (C=O) groups is 3. The van der Waals surface area contributed by atoms with Crippen LogP contribution in [0, 0.1) is 5.92 Å². The summed E-state index contributed by atoms with van der Waals surface area (Å²) in [6.07, 6.45) is 2.80. The van der Waals surface area contributed by atoms with Crippen LogP contribution in [-0.4, -0.2) is 67.4 Å². The summed E-state index contributed by atoms with van der Waals surface area (Å²) in [7, 11) is 1.52. The zero-order valence-electron chi connectivity index (χ0n) is 18.1. The number of halogens is 1. The molecule has 1 aromatic carbocycles. The third-order valence-corrected chi connectivity index (χ3v) is 5.47. The molecule has 1 aliphatic rings. The highest BCUT2D eigenvalue weighted by molar-refractivity contribution is 6.31. The van der Waals surface area contributed by atoms with E-state index in [0.717, 1.165) is 12.8 Å². The number of ether oxygens (including phenoxy) is 1. The molecule has 7 nitrogen and oxygen atoms in total. The summed E-state index contributed by atoms with van der Waals surface area (Å²) < 4.78 is 5.29. The number of nitrogens with zero attached hydrogens (tertiary/aromatic N) is 2. The van der Waals surface area contributed by atoms with Crippen molar-refractivity contribution >= 4 is 29.3 Å². The number of rotatable bonds is 9. The van der Waals surface area contributed by atoms with E-state index in [2.05, 4.69) is 5.32 Å². The fourth-order valence-corrected chi connectivity index (χ4v) is 3.81. The van der Waals surface area contributed by atoms with Crippen LogP contribution < -0.4 is 10.1 Å². The Morgan fingerprint density at radius 2 is 1.90 bits per heavy atom. The molecule has 1 heterocycles. The highest BCUT2D eigenvalue weighted by atomic mass is 35.5. The van der Waals surface area contributed by atoms with Gasteiger partial charge in [-0.25, -0.2) is 0 Å². The van der Waals surface area contributed by atoms with E-state index in [4.69, 9.17) is 16.3 Å². The first kappa shape index (κ1) is 24.0. The lowest BCUT2D eigenvalue weighted by Gasteiger charge is -2.34. The van der Waals surface area contributed by atoms with E-state index >= 15 is 0 Å². The predicted molar refractivity (Wildman–Crippen MR) is 117 cm³/mol. The second-order valence-corrected chi connectivity index (χ2v) is 7.96. The van der Waals surface area contributed by atoms with Gasteiger partial charge in [-0.15, -0.1) is 0 Å². The monoisotopic (exact) mass is 437 g/mol. The van der Waals surface area contributed by atoms with Crippen molar-refractivity contribution in [2.45, 2.75) is 39.5 Å². The van der Waals surface area contributed by atoms with Crippen LogP contribution in [0.4, 0.5) is 0 Å². The largest absolute Gasteiger partial charge is 0.496 e. The topological polar surface area (TPSA) is 79.0 Å². The van der Waals surface area contributed by atoms with E-state index in [0.29, 0.717) is 55.4 Å². The highest BCUT2D eigenvalue weighted by Gasteiger charge is 2.31. The predicted octanol–water partition coefficient (Wildman–Crippen LogP) is 2.97. The molecular formula is C22H32ClN3O4. The second kappa shape index (κ2) is 11.8. The second-order valence-electron chi connectivity index (χ2n) is 7.52. The molecular weight excluding hydrogens is 406 g/mol. The van der Waals surface area contributed by atoms with Crippen LogP contribution in [0.1, 0.15) is 49.9 Å². The van der Waals surface area contributed by atoms with E-state index in [-0.39, 0.29) is 30.2 Å². The number of nitrogens with one attached hydrogen (secondary N) is 1. The van der Waals surface area contributed by atoms with Gasteiger partial charge in [-0.05, 0) is 43.9 Å². The number of hydrogen-bond acceptors (Lipinski definition) is 4. The number of piperidine rings is 1. The van der Waals surface area contributed by atoms with Crippen molar-refractivity contribution in [3.8, 4) is 5.75 Å². The van der Waals surface area contributed by atoms with Gasteiger partial charge >= 0.3 is 0 Å². The Labute approximate surface area is 183 Å². The summed E-state index contributed by atoms with van der Waals surface area (Å²) in [5.74, 6) is 0.0236. The lowest BCUT2D eigenvalue weighted by Crippen LogP contribution is -2.47. The summed E-state index contributed by atoms with van der Waals surface area (Å²) in [5, 5.41) is 3.30. The van der Waals surface area contributed by atoms with E-state index in [1.54, 1.807) is 28.0 Å². The molecule has 0 unspecified atom stereocenters. The summed E-state index contributed by atoms with van der Waals surface area (Å²) in [6.45, 7) is 6.19. The smallest absolute Gasteiger partial charge is 0.257 e. The minimum Gasteiger partial charge on any atom is -0.496 e. The van der Waals surface area contributed by atoms with Crippen molar-refractivity contribution in [3.63, 3.8) is 0 Å². The number of likely N-dealkylation sites (tertiary alicyclic amines) is 1. The van der Waals surface area contributed by atoms with Gasteiger partial charge in [0, 0.05) is 37.1 Å². The van der Waals surface area contributed by atoms with Gasteiger partial charge in [-0.2, -0.15) is 0 Å². The van der Waals surface area contributed by atoms with Crippen LogP contribution in [0.25, 0.3) is 0 Å². The molecule has 1 aromatic rings. The van der Waals surface area contributed by atoms with Gasteiger partial charge in [-0.3, -0.25) is 14.4 Å². The SMILES string of the molecule is CCCNC(=O)CN(CCC)C(=O)C1CCN(C(=O)c2cc(Cl)ccc2OC)CC1. The Morgan fingerprint density at radius 3 is 2.50 bits per heavy atom. The van der Waals surface area contributed by atoms with Gasteiger partial charge in [0.1, 0.15) is 5.75 Å². The van der Waals surface area contributed by atoms with Crippen molar-refractivity contribution in [1.29, 1.82) is 0 Å². The van der Waals surface area contributed by atoms with Crippen LogP contribution in [0.2, 0.25) is 5.02 Å². The van der Waals surface area contributed by atoms with Crippen LogP contribution >= 0.6 is 11.6 Å². The van der Waals surface area contributed by atoms with Crippen molar-refractivity contribution < 1.29 is 19.1 Å². The molecule has 0 atom stereocenters. The Balaban J connectivity index is 1.98. The number of hydrogen-bond donors (Lipinski definition) is 1. The van der Waals surface area contributed by atoms with Crippen molar-refractivity contribution in [2.75, 3.05) is 39.8 Å². The minimum absolute atomic E-state index is 0.00377. The molecule has 2 rings (SSSR count). The first-order valence-corrected chi connectivity index (χ1v) is 11.0. The Hall–Kier alpha value is -2.28. The number of methoxy groups -OCH3 is 1. The van der Waals surface area contributed by atoms with Crippen molar-refractivity contribution in [1.82, 2.24) is 15.1 Å². The van der Waals surface area contributed by atoms with Crippen LogP contribution in [-0.2, 0) is 9.59 Å². The third-order valence-electron chi connectivity index (χ3n) is 5.24. The number of amides is 3. The minimum atomic E-state index is -0.180. The average molecular weight is 438 g/mol. The van der Waals surface area contributed by atoms with Gasteiger partial charge < -0.3 is 19.9 Å². The quantitative estimate of drug-likeness (QED) is 0.644. The first-order chi connectivity index (χ1) is 14.4. The molecule has 0 saturated carbocycles. The molecule has 0 spiro atoms. The molecule has 30 heavy (non-hydrogen) atoms. The summed E-state index contributed by atoms with van der Waals surface area (Å²) >= 11 is 6.05. The van der Waals surface area contributed by atoms with E-state index in [1.165, 1.54) is 7.11 Å². The molecule has 3 amide bonds. The Bertz CT molecular complexity index is 748. The summed E-state index contributed by atoms with van der Waals surface area (Å²) in [6, 6.07) is 4.97. The molecule has 1 N–H and O–H groups in total. The summed E-state index contributed by atoms with van der Waals surface area (Å²) in [5.41, 5.74) is 0.426. The molecule has 0 radical (unpaired) electrons. The maximum atomic E-state index is 13.0. The van der Waals surface area contributed by atoms with Crippen molar-refractivity contribution in [3.05, 3.63) is 28.8 Å². The van der Waals surface area contributed by atoms with Crippen LogP contribution in [0.5, 0.6) is 5.75 Å². The van der Waals surface area contributed by atoms with E-state index in [9.17, 15) is 14.4 Å². The molecule has 1 saturated heterocycles. The van der Waals surface area contributed by atoms with Crippen LogP contribution in [0.15, 0.2) is 18.2 Å². The van der Waals surface area contributed by atoms with Gasteiger partial charge in [-0.1, -0.05) is 25.4 Å². The molecule has 0 aromatic heterocycles. The van der Waals surface area contributed by atoms with E-state index in [1.807, 2.05) is 13.8 Å². The summed E-state index contributed by atoms with van der Waals surface area (Å²) in [4.78, 5) is 41.4. The first-order valence-electron chi connectivity index (χ1n) is 10.6. The molecule has 1 aliphatic heterocycles. The Kier molecular flexibility index (Phi) is 9.43. The van der Waals surface area contributed by atoms with E-state index < -0.39 is 0 Å². The third kappa shape index (κ3) is 6.36. The molecule has 166 valence electrons. The highest BCUT2D eigenvalue weighted by Crippen LogP contribution is 2.27. The van der Waals surface area contributed by atoms with Crippen LogP contribution in [0.3, 0.4) is 0 Å². The van der Waals surface area contributed by atoms with Crippen molar-refractivity contribution in [2.24, 2.45) is 5.92 Å². The molecule has 0 aliphatic carbocycles. The lowest BCUT2D eigenvalue weighted by atomic mass is 9.94. The zero-order chi connectivity index (χ0) is 22.1. The molecule has 1 fully saturated rings. The standard InChI is InChI=1S/C22H32ClN3O4/c1-4-10-24-20(27)15-26(11-5-2)21(28)16-8-12-25(13-9-16)22(29)18-14-17(23)6-7-19(18)30-3/h6-7,14,16H,4-5,8-13,15H2,1-3H3,(H,24,27). The lowest BCUT2D eigenvalue weighted by molar-refractivity contribution is -0.140. The zero-order valence-corrected chi connectivity index (χ0v) is 18.8. The molecule has 0 bridgehead atoms. The van der Waals surface area contributed by atoms with Gasteiger partial charge in [0.15, 0.2) is 0 Å². The van der Waals surface area contributed by atoms with Gasteiger partial charge in [0.2, 0.25) is 11.8 Å². The van der Waals surface area contributed by atoms with Gasteiger partial charge in [0.25, 0.3) is 5.91 Å². The normalized spacial score (nSPS) is 14.3. The Morgan fingerprint density at radius 1 is 1.20 bits per heavy atom. The number of benzene rings is 1. The van der Waals surface area contributed by atoms with Gasteiger partial charge in [0.05, 0.1) is 19.2 Å². The fraction of sp³-hybridized carbons (Fsp3) is 0.591. The molecule has 8 heteroatoms. The maximum absolute atomic E-state index is 13.0. The fourth-order valence-electron chi connectivity index (χ4n) is 3.64. The number of carbonyl (C=O) groups excluding carboxylic acids is 3. The average Bonchev–Trinajstić information content (AvgIpc) is 2.76.